The van der Waals surface area contributed by atoms with Crippen molar-refractivity contribution >= 4 is 11.3 Å². The van der Waals surface area contributed by atoms with E-state index >= 15 is 0 Å². The minimum atomic E-state index is 0.645. The molecule has 3 rings (SSSR count). The fourth-order valence-electron chi connectivity index (χ4n) is 2.65. The van der Waals surface area contributed by atoms with Gasteiger partial charge in [0.25, 0.3) is 0 Å². The maximum absolute atomic E-state index is 4.35. The van der Waals surface area contributed by atoms with Gasteiger partial charge >= 0.3 is 0 Å². The van der Waals surface area contributed by atoms with Gasteiger partial charge in [-0.15, -0.1) is 11.3 Å². The Morgan fingerprint density at radius 3 is 3.00 bits per heavy atom. The second kappa shape index (κ2) is 4.67. The Morgan fingerprint density at radius 1 is 1.53 bits per heavy atom. The fourth-order valence-corrected chi connectivity index (χ4v) is 3.45. The number of aromatic nitrogens is 1. The van der Waals surface area contributed by atoms with E-state index in [1.807, 2.05) is 5.51 Å². The first kappa shape index (κ1) is 11.6. The topological polar surface area (TPSA) is 28.2 Å². The van der Waals surface area contributed by atoms with Crippen molar-refractivity contribution in [1.29, 1.82) is 0 Å². The molecule has 1 aliphatic carbocycles. The molecule has 4 heteroatoms. The van der Waals surface area contributed by atoms with Gasteiger partial charge in [-0.3, -0.25) is 4.90 Å². The van der Waals surface area contributed by atoms with E-state index < -0.39 is 0 Å². The molecule has 1 saturated heterocycles. The molecule has 0 amide bonds. The van der Waals surface area contributed by atoms with E-state index in [2.05, 4.69) is 29.0 Å². The highest BCUT2D eigenvalue weighted by Gasteiger charge is 2.36. The highest BCUT2D eigenvalue weighted by atomic mass is 32.1. The summed E-state index contributed by atoms with van der Waals surface area (Å²) in [7, 11) is 0. The summed E-state index contributed by atoms with van der Waals surface area (Å²) in [4.78, 5) is 8.41. The minimum absolute atomic E-state index is 0.645. The summed E-state index contributed by atoms with van der Waals surface area (Å²) in [5, 5.41) is 3.70. The van der Waals surface area contributed by atoms with Gasteiger partial charge in [0.05, 0.1) is 11.2 Å². The van der Waals surface area contributed by atoms with Gasteiger partial charge in [-0.1, -0.05) is 0 Å². The zero-order chi connectivity index (χ0) is 11.8. The average molecular weight is 251 g/mol. The molecule has 1 N–H and O–H groups in total. The third-order valence-corrected chi connectivity index (χ3v) is 5.03. The van der Waals surface area contributed by atoms with Crippen LogP contribution in [-0.4, -0.2) is 35.1 Å². The van der Waals surface area contributed by atoms with Gasteiger partial charge in [0.2, 0.25) is 0 Å². The monoisotopic (exact) mass is 251 g/mol. The number of aryl methyl sites for hydroxylation is 1. The van der Waals surface area contributed by atoms with Gasteiger partial charge in [-0.25, -0.2) is 4.98 Å². The first-order valence-electron chi connectivity index (χ1n) is 6.60. The zero-order valence-corrected chi connectivity index (χ0v) is 11.5. The van der Waals surface area contributed by atoms with Crippen LogP contribution < -0.4 is 5.32 Å². The average Bonchev–Trinajstić information content (AvgIpc) is 3.08. The number of hydrogen-bond acceptors (Lipinski definition) is 4. The number of thiazole rings is 1. The molecule has 0 spiro atoms. The van der Waals surface area contributed by atoms with Gasteiger partial charge < -0.3 is 5.32 Å². The van der Waals surface area contributed by atoms with Crippen molar-refractivity contribution in [3.63, 3.8) is 0 Å². The Hall–Kier alpha value is -0.450. The van der Waals surface area contributed by atoms with Crippen molar-refractivity contribution < 1.29 is 0 Å². The summed E-state index contributed by atoms with van der Waals surface area (Å²) >= 11 is 1.80. The maximum Gasteiger partial charge on any atom is 0.0798 e. The number of hydrogen-bond donors (Lipinski definition) is 1. The molecule has 2 atom stereocenters. The molecule has 1 aromatic heterocycles. The number of rotatable bonds is 3. The molecule has 0 aromatic carbocycles. The molecular formula is C13H21N3S. The van der Waals surface area contributed by atoms with E-state index in [4.69, 9.17) is 0 Å². The zero-order valence-electron chi connectivity index (χ0n) is 10.6. The van der Waals surface area contributed by atoms with Crippen LogP contribution in [0.4, 0.5) is 0 Å². The number of piperazine rings is 1. The Balaban J connectivity index is 1.65. The van der Waals surface area contributed by atoms with Crippen LogP contribution in [0.15, 0.2) is 5.51 Å². The van der Waals surface area contributed by atoms with Crippen LogP contribution in [0.5, 0.6) is 0 Å². The van der Waals surface area contributed by atoms with Gasteiger partial charge in [-0.2, -0.15) is 0 Å². The molecule has 94 valence electrons. The fraction of sp³-hybridized carbons (Fsp3) is 0.769. The predicted molar refractivity (Wildman–Crippen MR) is 71.2 cm³/mol. The van der Waals surface area contributed by atoms with Gasteiger partial charge in [-0.05, 0) is 32.6 Å². The minimum Gasteiger partial charge on any atom is -0.311 e. The molecule has 1 aromatic rings. The quantitative estimate of drug-likeness (QED) is 0.891. The van der Waals surface area contributed by atoms with Crippen LogP contribution in [-0.2, 0) is 6.54 Å². The van der Waals surface area contributed by atoms with Crippen LogP contribution in [0.25, 0.3) is 0 Å². The first-order valence-corrected chi connectivity index (χ1v) is 7.48. The van der Waals surface area contributed by atoms with E-state index in [1.165, 1.54) is 30.0 Å². The number of nitrogens with one attached hydrogen (secondary N) is 1. The highest BCUT2D eigenvalue weighted by molar-refractivity contribution is 7.09. The SMILES string of the molecule is Cc1ncsc1CN1CC(C2CC2)NCC1C. The lowest BCUT2D eigenvalue weighted by Gasteiger charge is -2.38. The predicted octanol–water partition coefficient (Wildman–Crippen LogP) is 2.02. The Kier molecular flexibility index (Phi) is 3.19. The summed E-state index contributed by atoms with van der Waals surface area (Å²) < 4.78 is 0. The molecule has 2 aliphatic rings. The van der Waals surface area contributed by atoms with Crippen molar-refractivity contribution in [3.05, 3.63) is 16.1 Å². The largest absolute Gasteiger partial charge is 0.311 e. The molecular weight excluding hydrogens is 230 g/mol. The van der Waals surface area contributed by atoms with Gasteiger partial charge in [0.1, 0.15) is 0 Å². The molecule has 0 radical (unpaired) electrons. The first-order chi connectivity index (χ1) is 8.24. The van der Waals surface area contributed by atoms with Crippen molar-refractivity contribution in [3.8, 4) is 0 Å². The van der Waals surface area contributed by atoms with Crippen LogP contribution in [0, 0.1) is 12.8 Å². The molecule has 1 saturated carbocycles. The summed E-state index contributed by atoms with van der Waals surface area (Å²) in [5.74, 6) is 0.951. The molecule has 17 heavy (non-hydrogen) atoms. The van der Waals surface area contributed by atoms with Crippen molar-refractivity contribution in [2.75, 3.05) is 13.1 Å². The lowest BCUT2D eigenvalue weighted by Crippen LogP contribution is -2.55. The second-order valence-electron chi connectivity index (χ2n) is 5.49. The third-order valence-electron chi connectivity index (χ3n) is 4.11. The molecule has 2 heterocycles. The Morgan fingerprint density at radius 2 is 2.35 bits per heavy atom. The van der Waals surface area contributed by atoms with Crippen LogP contribution in [0.1, 0.15) is 30.3 Å². The van der Waals surface area contributed by atoms with E-state index in [1.54, 1.807) is 11.3 Å². The van der Waals surface area contributed by atoms with Gasteiger partial charge in [0, 0.05) is 36.6 Å². The van der Waals surface area contributed by atoms with Crippen LogP contribution >= 0.6 is 11.3 Å². The molecule has 1 aliphatic heterocycles. The summed E-state index contributed by atoms with van der Waals surface area (Å²) in [6.45, 7) is 7.88. The summed E-state index contributed by atoms with van der Waals surface area (Å²) in [6, 6.07) is 1.38. The molecule has 2 fully saturated rings. The van der Waals surface area contributed by atoms with Crippen molar-refractivity contribution in [1.82, 2.24) is 15.2 Å². The number of nitrogens with zero attached hydrogens (tertiary/aromatic N) is 2. The molecule has 3 nitrogen and oxygen atoms in total. The van der Waals surface area contributed by atoms with Gasteiger partial charge in [0.15, 0.2) is 0 Å². The normalized spacial score (nSPS) is 30.7. The Bertz CT molecular complexity index is 386. The van der Waals surface area contributed by atoms with Crippen LogP contribution in [0.3, 0.4) is 0 Å². The third kappa shape index (κ3) is 2.54. The molecule has 2 unspecified atom stereocenters. The highest BCUT2D eigenvalue weighted by Crippen LogP contribution is 2.34. The molecule has 0 bridgehead atoms. The van der Waals surface area contributed by atoms with Crippen molar-refractivity contribution in [2.45, 2.75) is 45.3 Å². The van der Waals surface area contributed by atoms with E-state index in [9.17, 15) is 0 Å². The summed E-state index contributed by atoms with van der Waals surface area (Å²) in [5.41, 5.74) is 3.18. The van der Waals surface area contributed by atoms with Crippen molar-refractivity contribution in [2.24, 2.45) is 5.92 Å². The van der Waals surface area contributed by atoms with E-state index in [0.717, 1.165) is 25.0 Å². The lowest BCUT2D eigenvalue weighted by atomic mass is 10.1. The maximum atomic E-state index is 4.35. The second-order valence-corrected chi connectivity index (χ2v) is 6.43. The lowest BCUT2D eigenvalue weighted by molar-refractivity contribution is 0.126. The standard InChI is InChI=1S/C13H21N3S/c1-9-5-14-12(11-3-4-11)6-16(9)7-13-10(2)15-8-17-13/h8-9,11-12,14H,3-7H2,1-2H3. The van der Waals surface area contributed by atoms with Crippen LogP contribution in [0.2, 0.25) is 0 Å². The Labute approximate surface area is 107 Å². The van der Waals surface area contributed by atoms with E-state index in [-0.39, 0.29) is 0 Å². The van der Waals surface area contributed by atoms with E-state index in [0.29, 0.717) is 6.04 Å². The summed E-state index contributed by atoms with van der Waals surface area (Å²) in [6.07, 6.45) is 2.86. The smallest absolute Gasteiger partial charge is 0.0798 e.